The minimum atomic E-state index is -1.04. The van der Waals surface area contributed by atoms with Crippen molar-refractivity contribution in [3.63, 3.8) is 0 Å². The van der Waals surface area contributed by atoms with Crippen LogP contribution in [0, 0.1) is 11.8 Å². The van der Waals surface area contributed by atoms with Crippen molar-refractivity contribution in [3.8, 4) is 0 Å². The first kappa shape index (κ1) is 15.2. The van der Waals surface area contributed by atoms with Gasteiger partial charge in [-0.3, -0.25) is 4.79 Å². The number of carbonyl (C=O) groups excluding carboxylic acids is 1. The minimum absolute atomic E-state index is 0.199. The van der Waals surface area contributed by atoms with Crippen LogP contribution in [-0.4, -0.2) is 42.4 Å². The van der Waals surface area contributed by atoms with Gasteiger partial charge in [0.2, 0.25) is 5.91 Å². The summed E-state index contributed by atoms with van der Waals surface area (Å²) in [5.74, 6) is -1.97. The first-order valence-electron chi connectivity index (χ1n) is 7.33. The SMILES string of the molecule is O=C(NC(C(=O)O)C1CCCOC1)C1CCCC(F)C1. The van der Waals surface area contributed by atoms with Crippen LogP contribution >= 0.6 is 0 Å². The zero-order chi connectivity index (χ0) is 14.5. The van der Waals surface area contributed by atoms with E-state index in [1.165, 1.54) is 0 Å². The molecule has 2 aliphatic rings. The quantitative estimate of drug-likeness (QED) is 0.822. The number of amides is 1. The molecule has 0 spiro atoms. The second-order valence-electron chi connectivity index (χ2n) is 5.76. The molecular formula is C14H22FNO4. The Bertz CT molecular complexity index is 357. The fourth-order valence-corrected chi connectivity index (χ4v) is 3.05. The number of halogens is 1. The lowest BCUT2D eigenvalue weighted by atomic mass is 9.86. The summed E-state index contributed by atoms with van der Waals surface area (Å²) >= 11 is 0. The van der Waals surface area contributed by atoms with E-state index in [0.717, 1.165) is 12.8 Å². The summed E-state index contributed by atoms with van der Waals surface area (Å²) in [6.07, 6.45) is 2.62. The van der Waals surface area contributed by atoms with Crippen LogP contribution in [-0.2, 0) is 14.3 Å². The number of hydrogen-bond acceptors (Lipinski definition) is 3. The van der Waals surface area contributed by atoms with Gasteiger partial charge in [0, 0.05) is 18.4 Å². The van der Waals surface area contributed by atoms with E-state index in [0.29, 0.717) is 32.5 Å². The Kier molecular flexibility index (Phi) is 5.34. The molecule has 0 aromatic heterocycles. The number of nitrogens with one attached hydrogen (secondary N) is 1. The predicted molar refractivity (Wildman–Crippen MR) is 70.0 cm³/mol. The summed E-state index contributed by atoms with van der Waals surface area (Å²) < 4.78 is 18.6. The topological polar surface area (TPSA) is 75.6 Å². The highest BCUT2D eigenvalue weighted by atomic mass is 19.1. The number of rotatable bonds is 4. The summed E-state index contributed by atoms with van der Waals surface area (Å²) in [4.78, 5) is 23.5. The van der Waals surface area contributed by atoms with Crippen molar-refractivity contribution in [3.05, 3.63) is 0 Å². The number of hydrogen-bond donors (Lipinski definition) is 2. The van der Waals surface area contributed by atoms with E-state index < -0.39 is 24.1 Å². The maximum absolute atomic E-state index is 13.3. The van der Waals surface area contributed by atoms with Gasteiger partial charge in [0.25, 0.3) is 0 Å². The molecular weight excluding hydrogens is 265 g/mol. The van der Waals surface area contributed by atoms with Crippen LogP contribution in [0.4, 0.5) is 4.39 Å². The van der Waals surface area contributed by atoms with Crippen molar-refractivity contribution in [1.29, 1.82) is 0 Å². The zero-order valence-corrected chi connectivity index (χ0v) is 11.5. The molecule has 2 rings (SSSR count). The van der Waals surface area contributed by atoms with Crippen molar-refractivity contribution in [2.24, 2.45) is 11.8 Å². The summed E-state index contributed by atoms with van der Waals surface area (Å²) in [6.45, 7) is 0.997. The maximum atomic E-state index is 13.3. The largest absolute Gasteiger partial charge is 0.480 e. The van der Waals surface area contributed by atoms with E-state index in [1.54, 1.807) is 0 Å². The standard InChI is InChI=1S/C14H22FNO4/c15-11-5-1-3-9(7-11)13(17)16-12(14(18)19)10-4-2-6-20-8-10/h9-12H,1-8H2,(H,16,17)(H,18,19). The first-order chi connectivity index (χ1) is 9.58. The van der Waals surface area contributed by atoms with Crippen LogP contribution in [0.5, 0.6) is 0 Å². The van der Waals surface area contributed by atoms with E-state index in [-0.39, 0.29) is 18.2 Å². The lowest BCUT2D eigenvalue weighted by molar-refractivity contribution is -0.146. The van der Waals surface area contributed by atoms with Gasteiger partial charge in [-0.05, 0) is 38.5 Å². The third kappa shape index (κ3) is 3.91. The third-order valence-corrected chi connectivity index (χ3v) is 4.21. The molecule has 5 nitrogen and oxygen atoms in total. The number of alkyl halides is 1. The summed E-state index contributed by atoms with van der Waals surface area (Å²) in [7, 11) is 0. The van der Waals surface area contributed by atoms with Gasteiger partial charge in [-0.15, -0.1) is 0 Å². The van der Waals surface area contributed by atoms with E-state index in [9.17, 15) is 19.1 Å². The molecule has 1 aliphatic heterocycles. The second kappa shape index (κ2) is 7.02. The van der Waals surface area contributed by atoms with Crippen LogP contribution < -0.4 is 5.32 Å². The predicted octanol–water partition coefficient (Wildman–Crippen LogP) is 1.51. The zero-order valence-electron chi connectivity index (χ0n) is 11.5. The monoisotopic (exact) mass is 287 g/mol. The first-order valence-corrected chi connectivity index (χ1v) is 7.33. The van der Waals surface area contributed by atoms with Gasteiger partial charge >= 0.3 is 5.97 Å². The molecule has 20 heavy (non-hydrogen) atoms. The molecule has 1 saturated carbocycles. The molecule has 2 fully saturated rings. The summed E-state index contributed by atoms with van der Waals surface area (Å²) in [5, 5.41) is 11.9. The Balaban J connectivity index is 1.93. The highest BCUT2D eigenvalue weighted by molar-refractivity contribution is 5.85. The van der Waals surface area contributed by atoms with Crippen LogP contribution in [0.15, 0.2) is 0 Å². The van der Waals surface area contributed by atoms with Crippen molar-refractivity contribution >= 4 is 11.9 Å². The highest BCUT2D eigenvalue weighted by Crippen LogP contribution is 2.27. The van der Waals surface area contributed by atoms with Crippen LogP contribution in [0.1, 0.15) is 38.5 Å². The molecule has 4 atom stereocenters. The maximum Gasteiger partial charge on any atom is 0.326 e. The van der Waals surface area contributed by atoms with Gasteiger partial charge in [0.05, 0.1) is 6.61 Å². The third-order valence-electron chi connectivity index (χ3n) is 4.21. The summed E-state index contributed by atoms with van der Waals surface area (Å²) in [5.41, 5.74) is 0. The Hall–Kier alpha value is -1.17. The van der Waals surface area contributed by atoms with E-state index in [4.69, 9.17) is 4.74 Å². The Labute approximate surface area is 117 Å². The number of carbonyl (C=O) groups is 2. The molecule has 2 N–H and O–H groups in total. The van der Waals surface area contributed by atoms with E-state index in [1.807, 2.05) is 0 Å². The van der Waals surface area contributed by atoms with Gasteiger partial charge < -0.3 is 15.2 Å². The Morgan fingerprint density at radius 1 is 1.25 bits per heavy atom. The van der Waals surface area contributed by atoms with Crippen molar-refractivity contribution in [2.75, 3.05) is 13.2 Å². The smallest absolute Gasteiger partial charge is 0.326 e. The average molecular weight is 287 g/mol. The number of carboxylic acid groups (broad SMARTS) is 1. The molecule has 0 radical (unpaired) electrons. The minimum Gasteiger partial charge on any atom is -0.480 e. The fraction of sp³-hybridized carbons (Fsp3) is 0.857. The van der Waals surface area contributed by atoms with Crippen molar-refractivity contribution in [2.45, 2.75) is 50.7 Å². The van der Waals surface area contributed by atoms with Gasteiger partial charge in [0.1, 0.15) is 12.2 Å². The molecule has 1 aliphatic carbocycles. The van der Waals surface area contributed by atoms with E-state index in [2.05, 4.69) is 5.32 Å². The number of aliphatic carboxylic acids is 1. The molecule has 0 aromatic rings. The molecule has 114 valence electrons. The highest BCUT2D eigenvalue weighted by Gasteiger charge is 2.34. The van der Waals surface area contributed by atoms with Crippen LogP contribution in [0.3, 0.4) is 0 Å². The second-order valence-corrected chi connectivity index (χ2v) is 5.76. The van der Waals surface area contributed by atoms with Crippen molar-refractivity contribution < 1.29 is 23.8 Å². The number of carboxylic acids is 1. The molecule has 4 unspecified atom stereocenters. The lowest BCUT2D eigenvalue weighted by Gasteiger charge is -2.30. The normalized spacial score (nSPS) is 32.4. The molecule has 6 heteroatoms. The molecule has 1 amide bonds. The summed E-state index contributed by atoms with van der Waals surface area (Å²) in [6, 6.07) is -0.928. The van der Waals surface area contributed by atoms with Gasteiger partial charge in [-0.2, -0.15) is 0 Å². The Morgan fingerprint density at radius 2 is 2.05 bits per heavy atom. The van der Waals surface area contributed by atoms with E-state index >= 15 is 0 Å². The van der Waals surface area contributed by atoms with Gasteiger partial charge in [-0.1, -0.05) is 0 Å². The van der Waals surface area contributed by atoms with Crippen LogP contribution in [0.25, 0.3) is 0 Å². The molecule has 0 aromatic carbocycles. The molecule has 1 saturated heterocycles. The lowest BCUT2D eigenvalue weighted by Crippen LogP contribution is -2.50. The molecule has 1 heterocycles. The van der Waals surface area contributed by atoms with Crippen molar-refractivity contribution in [1.82, 2.24) is 5.32 Å². The number of ether oxygens (including phenoxy) is 1. The van der Waals surface area contributed by atoms with Gasteiger partial charge in [0.15, 0.2) is 0 Å². The van der Waals surface area contributed by atoms with Gasteiger partial charge in [-0.25, -0.2) is 9.18 Å². The fourth-order valence-electron chi connectivity index (χ4n) is 3.05. The molecule has 0 bridgehead atoms. The van der Waals surface area contributed by atoms with Crippen LogP contribution in [0.2, 0.25) is 0 Å². The average Bonchev–Trinajstić information content (AvgIpc) is 2.45. The Morgan fingerprint density at radius 3 is 2.65 bits per heavy atom.